The van der Waals surface area contributed by atoms with Crippen LogP contribution in [0.2, 0.25) is 0 Å². The van der Waals surface area contributed by atoms with Crippen molar-refractivity contribution >= 4 is 35.0 Å². The molecule has 0 saturated heterocycles. The van der Waals surface area contributed by atoms with Gasteiger partial charge in [-0.25, -0.2) is 9.78 Å². The van der Waals surface area contributed by atoms with Crippen LogP contribution in [-0.2, 0) is 9.53 Å². The van der Waals surface area contributed by atoms with Crippen molar-refractivity contribution in [3.8, 4) is 0 Å². The summed E-state index contributed by atoms with van der Waals surface area (Å²) in [6, 6.07) is 7.06. The summed E-state index contributed by atoms with van der Waals surface area (Å²) < 4.78 is 5.05. The minimum absolute atomic E-state index is 0.105. The third-order valence-corrected chi connectivity index (χ3v) is 4.63. The molecule has 0 radical (unpaired) electrons. The summed E-state index contributed by atoms with van der Waals surface area (Å²) in [7, 11) is 0. The van der Waals surface area contributed by atoms with Crippen molar-refractivity contribution in [2.45, 2.75) is 18.0 Å². The number of nitrogens with one attached hydrogen (secondary N) is 1. The largest absolute Gasteiger partial charge is 0.452 e. The van der Waals surface area contributed by atoms with Gasteiger partial charge in [-0.2, -0.15) is 0 Å². The first-order valence-electron chi connectivity index (χ1n) is 6.60. The van der Waals surface area contributed by atoms with Crippen LogP contribution in [0.4, 0.5) is 0 Å². The molecule has 2 aromatic rings. The summed E-state index contributed by atoms with van der Waals surface area (Å²) in [6.07, 6.45) is 3.44. The maximum Gasteiger partial charge on any atom is 0.341 e. The molecule has 0 bridgehead atoms. The molecule has 0 aliphatic rings. The predicted octanol–water partition coefficient (Wildman–Crippen LogP) is 2.90. The third kappa shape index (κ3) is 4.32. The number of pyridine rings is 1. The van der Waals surface area contributed by atoms with E-state index in [-0.39, 0.29) is 18.6 Å². The lowest BCUT2D eigenvalue weighted by molar-refractivity contribution is -0.124. The SMILES string of the molecule is CSc1ncccc1C(=O)OCC(=O)N[C@H](C)c1cccs1. The van der Waals surface area contributed by atoms with Crippen LogP contribution in [0.3, 0.4) is 0 Å². The summed E-state index contributed by atoms with van der Waals surface area (Å²) in [5, 5.41) is 5.32. The molecule has 1 atom stereocenters. The van der Waals surface area contributed by atoms with E-state index in [2.05, 4.69) is 10.3 Å². The van der Waals surface area contributed by atoms with E-state index in [0.717, 1.165) is 4.88 Å². The zero-order valence-corrected chi connectivity index (χ0v) is 13.9. The maximum atomic E-state index is 12.0. The fourth-order valence-corrected chi connectivity index (χ4v) is 3.08. The number of aromatic nitrogens is 1. The number of hydrogen-bond donors (Lipinski definition) is 1. The predicted molar refractivity (Wildman–Crippen MR) is 87.2 cm³/mol. The van der Waals surface area contributed by atoms with Crippen LogP contribution >= 0.6 is 23.1 Å². The van der Waals surface area contributed by atoms with Gasteiger partial charge in [0, 0.05) is 11.1 Å². The Morgan fingerprint density at radius 3 is 2.91 bits per heavy atom. The Kier molecular flexibility index (Phi) is 5.97. The Morgan fingerprint density at radius 2 is 2.23 bits per heavy atom. The van der Waals surface area contributed by atoms with E-state index < -0.39 is 5.97 Å². The van der Waals surface area contributed by atoms with E-state index in [1.807, 2.05) is 30.7 Å². The normalized spacial score (nSPS) is 11.7. The first-order valence-corrected chi connectivity index (χ1v) is 8.71. The molecule has 116 valence electrons. The standard InChI is InChI=1S/C15H16N2O3S2/c1-10(12-6-4-8-22-12)17-13(18)9-20-15(19)11-5-3-7-16-14(11)21-2/h3-8,10H,9H2,1-2H3,(H,17,18)/t10-/m1/s1. The van der Waals surface area contributed by atoms with Crippen LogP contribution in [0, 0.1) is 0 Å². The van der Waals surface area contributed by atoms with Gasteiger partial charge in [-0.15, -0.1) is 23.1 Å². The number of nitrogens with zero attached hydrogens (tertiary/aromatic N) is 1. The summed E-state index contributed by atoms with van der Waals surface area (Å²) in [5.41, 5.74) is 0.370. The zero-order valence-electron chi connectivity index (χ0n) is 12.2. The lowest BCUT2D eigenvalue weighted by Gasteiger charge is -2.12. The smallest absolute Gasteiger partial charge is 0.341 e. The highest BCUT2D eigenvalue weighted by atomic mass is 32.2. The van der Waals surface area contributed by atoms with E-state index in [1.165, 1.54) is 11.8 Å². The third-order valence-electron chi connectivity index (χ3n) is 2.87. The van der Waals surface area contributed by atoms with Crippen LogP contribution in [0.5, 0.6) is 0 Å². The van der Waals surface area contributed by atoms with Gasteiger partial charge in [-0.3, -0.25) is 4.79 Å². The topological polar surface area (TPSA) is 68.3 Å². The van der Waals surface area contributed by atoms with Gasteiger partial charge in [0.15, 0.2) is 6.61 Å². The highest BCUT2D eigenvalue weighted by molar-refractivity contribution is 7.98. The molecule has 0 aliphatic carbocycles. The molecule has 2 rings (SSSR count). The number of thioether (sulfide) groups is 1. The number of thiophene rings is 1. The van der Waals surface area contributed by atoms with Crippen molar-refractivity contribution in [1.29, 1.82) is 0 Å². The summed E-state index contributed by atoms with van der Waals surface area (Å²) >= 11 is 2.92. The Bertz CT molecular complexity index is 644. The molecule has 22 heavy (non-hydrogen) atoms. The molecule has 0 aromatic carbocycles. The molecule has 0 aliphatic heterocycles. The average Bonchev–Trinajstić information content (AvgIpc) is 3.07. The van der Waals surface area contributed by atoms with Crippen molar-refractivity contribution in [2.24, 2.45) is 0 Å². The fourth-order valence-electron chi connectivity index (χ4n) is 1.81. The number of esters is 1. The molecule has 5 nitrogen and oxygen atoms in total. The monoisotopic (exact) mass is 336 g/mol. The Morgan fingerprint density at radius 1 is 1.41 bits per heavy atom. The highest BCUT2D eigenvalue weighted by Crippen LogP contribution is 2.19. The van der Waals surface area contributed by atoms with Gasteiger partial charge in [0.1, 0.15) is 5.03 Å². The van der Waals surface area contributed by atoms with Gasteiger partial charge < -0.3 is 10.1 Å². The van der Waals surface area contributed by atoms with Crippen molar-refractivity contribution < 1.29 is 14.3 Å². The van der Waals surface area contributed by atoms with Crippen molar-refractivity contribution in [2.75, 3.05) is 12.9 Å². The minimum Gasteiger partial charge on any atom is -0.452 e. The Labute approximate surface area is 137 Å². The quantitative estimate of drug-likeness (QED) is 0.649. The average molecular weight is 336 g/mol. The lowest BCUT2D eigenvalue weighted by Crippen LogP contribution is -2.30. The number of carbonyl (C=O) groups excluding carboxylic acids is 2. The molecule has 2 heterocycles. The van der Waals surface area contributed by atoms with Crippen LogP contribution in [0.15, 0.2) is 40.9 Å². The van der Waals surface area contributed by atoms with E-state index >= 15 is 0 Å². The van der Waals surface area contributed by atoms with Gasteiger partial charge in [-0.05, 0) is 36.8 Å². The van der Waals surface area contributed by atoms with Crippen LogP contribution in [-0.4, -0.2) is 29.7 Å². The van der Waals surface area contributed by atoms with Gasteiger partial charge in [0.2, 0.25) is 0 Å². The van der Waals surface area contributed by atoms with Crippen molar-refractivity contribution in [3.05, 3.63) is 46.3 Å². The van der Waals surface area contributed by atoms with E-state index in [4.69, 9.17) is 4.74 Å². The first-order chi connectivity index (χ1) is 10.6. The molecular weight excluding hydrogens is 320 g/mol. The van der Waals surface area contributed by atoms with E-state index in [0.29, 0.717) is 10.6 Å². The summed E-state index contributed by atoms with van der Waals surface area (Å²) in [6.45, 7) is 1.58. The van der Waals surface area contributed by atoms with Gasteiger partial charge in [0.25, 0.3) is 5.91 Å². The van der Waals surface area contributed by atoms with E-state index in [1.54, 1.807) is 29.7 Å². The van der Waals surface area contributed by atoms with Crippen molar-refractivity contribution in [1.82, 2.24) is 10.3 Å². The molecule has 2 aromatic heterocycles. The van der Waals surface area contributed by atoms with Crippen LogP contribution < -0.4 is 5.32 Å². The summed E-state index contributed by atoms with van der Waals surface area (Å²) in [5.74, 6) is -0.875. The Hall–Kier alpha value is -1.86. The minimum atomic E-state index is -0.545. The number of amides is 1. The molecule has 0 saturated carbocycles. The number of hydrogen-bond acceptors (Lipinski definition) is 6. The van der Waals surface area contributed by atoms with Crippen LogP contribution in [0.25, 0.3) is 0 Å². The number of rotatable bonds is 6. The fraction of sp³-hybridized carbons (Fsp3) is 0.267. The molecule has 1 N–H and O–H groups in total. The second-order valence-electron chi connectivity index (χ2n) is 4.44. The Balaban J connectivity index is 1.87. The number of carbonyl (C=O) groups is 2. The molecule has 1 amide bonds. The highest BCUT2D eigenvalue weighted by Gasteiger charge is 2.16. The second kappa shape index (κ2) is 7.95. The zero-order chi connectivity index (χ0) is 15.9. The summed E-state index contributed by atoms with van der Waals surface area (Å²) in [4.78, 5) is 29.0. The molecule has 0 unspecified atom stereocenters. The second-order valence-corrected chi connectivity index (χ2v) is 6.22. The molecule has 0 spiro atoms. The van der Waals surface area contributed by atoms with Crippen LogP contribution in [0.1, 0.15) is 28.2 Å². The lowest BCUT2D eigenvalue weighted by atomic mass is 10.3. The molecule has 0 fully saturated rings. The van der Waals surface area contributed by atoms with Crippen molar-refractivity contribution in [3.63, 3.8) is 0 Å². The molecule has 7 heteroatoms. The molecular formula is C15H16N2O3S2. The number of ether oxygens (including phenoxy) is 1. The first kappa shape index (κ1) is 16.5. The van der Waals surface area contributed by atoms with Gasteiger partial charge >= 0.3 is 5.97 Å². The van der Waals surface area contributed by atoms with Gasteiger partial charge in [0.05, 0.1) is 11.6 Å². The van der Waals surface area contributed by atoms with Gasteiger partial charge in [-0.1, -0.05) is 6.07 Å². The maximum absolute atomic E-state index is 12.0. The van der Waals surface area contributed by atoms with E-state index in [9.17, 15) is 9.59 Å².